The summed E-state index contributed by atoms with van der Waals surface area (Å²) in [5.74, 6) is -0.192. The molecule has 1 amide bonds. The van der Waals surface area contributed by atoms with E-state index < -0.39 is 0 Å². The smallest absolute Gasteiger partial charge is 0.270 e. The van der Waals surface area contributed by atoms with Crippen molar-refractivity contribution in [1.29, 1.82) is 0 Å². The van der Waals surface area contributed by atoms with E-state index in [2.05, 4.69) is 10.4 Å². The molecule has 0 saturated heterocycles. The average Bonchev–Trinajstić information content (AvgIpc) is 3.18. The number of carbonyl (C=O) groups excluding carboxylic acids is 1. The van der Waals surface area contributed by atoms with Crippen molar-refractivity contribution in [3.05, 3.63) is 77.4 Å². The first-order valence-electron chi connectivity index (χ1n) is 9.59. The van der Waals surface area contributed by atoms with Gasteiger partial charge in [-0.1, -0.05) is 67.1 Å². The second kappa shape index (κ2) is 8.05. The summed E-state index contributed by atoms with van der Waals surface area (Å²) in [6.45, 7) is 4.01. The van der Waals surface area contributed by atoms with Gasteiger partial charge in [-0.15, -0.1) is 0 Å². The molecule has 29 heavy (non-hydrogen) atoms. The van der Waals surface area contributed by atoms with E-state index in [9.17, 15) is 4.79 Å². The molecule has 0 saturated carbocycles. The van der Waals surface area contributed by atoms with Gasteiger partial charge in [0, 0.05) is 28.3 Å². The van der Waals surface area contributed by atoms with Gasteiger partial charge >= 0.3 is 0 Å². The van der Waals surface area contributed by atoms with Crippen molar-refractivity contribution in [2.75, 3.05) is 0 Å². The zero-order valence-corrected chi connectivity index (χ0v) is 17.0. The van der Waals surface area contributed by atoms with Gasteiger partial charge in [0.05, 0.1) is 11.4 Å². The van der Waals surface area contributed by atoms with Crippen LogP contribution in [0.15, 0.2) is 66.7 Å². The molecule has 0 aliphatic carbocycles. The van der Waals surface area contributed by atoms with Crippen LogP contribution in [0.2, 0.25) is 5.02 Å². The molecular formula is C23H21ClN4O. The zero-order chi connectivity index (χ0) is 20.4. The molecule has 0 radical (unpaired) electrons. The molecule has 2 aromatic carbocycles. The lowest BCUT2D eigenvalue weighted by Gasteiger charge is -2.13. The van der Waals surface area contributed by atoms with E-state index in [0.29, 0.717) is 22.1 Å². The highest BCUT2D eigenvalue weighted by Gasteiger charge is 2.19. The van der Waals surface area contributed by atoms with Crippen LogP contribution in [0.5, 0.6) is 0 Å². The largest absolute Gasteiger partial charge is 0.348 e. The molecule has 4 aromatic rings. The number of nitrogens with one attached hydrogen (secondary N) is 1. The maximum atomic E-state index is 13.0. The number of halogens is 1. The van der Waals surface area contributed by atoms with Crippen molar-refractivity contribution in [1.82, 2.24) is 19.9 Å². The van der Waals surface area contributed by atoms with Crippen molar-refractivity contribution in [2.24, 2.45) is 0 Å². The number of hydrogen-bond acceptors (Lipinski definition) is 3. The van der Waals surface area contributed by atoms with E-state index in [-0.39, 0.29) is 11.9 Å². The van der Waals surface area contributed by atoms with E-state index >= 15 is 0 Å². The minimum absolute atomic E-state index is 0.0543. The van der Waals surface area contributed by atoms with Crippen molar-refractivity contribution < 1.29 is 4.79 Å². The Morgan fingerprint density at radius 3 is 2.52 bits per heavy atom. The number of fused-ring (bicyclic) bond motifs is 1. The number of benzene rings is 2. The molecule has 0 aliphatic heterocycles. The van der Waals surface area contributed by atoms with Crippen LogP contribution < -0.4 is 5.32 Å². The van der Waals surface area contributed by atoms with Gasteiger partial charge in [0.2, 0.25) is 0 Å². The maximum Gasteiger partial charge on any atom is 0.270 e. The summed E-state index contributed by atoms with van der Waals surface area (Å²) >= 11 is 6.39. The van der Waals surface area contributed by atoms with Gasteiger partial charge in [-0.25, -0.2) is 9.50 Å². The van der Waals surface area contributed by atoms with Crippen LogP contribution in [0.4, 0.5) is 0 Å². The van der Waals surface area contributed by atoms with Gasteiger partial charge in [0.15, 0.2) is 5.65 Å². The summed E-state index contributed by atoms with van der Waals surface area (Å²) in [5, 5.41) is 8.26. The predicted octanol–water partition coefficient (Wildman–Crippen LogP) is 5.25. The fourth-order valence-corrected chi connectivity index (χ4v) is 3.33. The quantitative estimate of drug-likeness (QED) is 0.494. The van der Waals surface area contributed by atoms with Crippen molar-refractivity contribution in [3.63, 3.8) is 0 Å². The summed E-state index contributed by atoms with van der Waals surface area (Å²) in [6.07, 6.45) is 0.839. The summed E-state index contributed by atoms with van der Waals surface area (Å²) in [7, 11) is 0. The fourth-order valence-electron chi connectivity index (χ4n) is 3.09. The summed E-state index contributed by atoms with van der Waals surface area (Å²) < 4.78 is 1.60. The monoisotopic (exact) mass is 404 g/mol. The highest BCUT2D eigenvalue weighted by molar-refractivity contribution is 6.33. The Morgan fingerprint density at radius 2 is 1.79 bits per heavy atom. The molecule has 2 heterocycles. The van der Waals surface area contributed by atoms with Crippen molar-refractivity contribution in [2.45, 2.75) is 26.3 Å². The van der Waals surface area contributed by atoms with Gasteiger partial charge in [0.25, 0.3) is 5.91 Å². The number of rotatable bonds is 5. The summed E-state index contributed by atoms with van der Waals surface area (Å²) in [4.78, 5) is 17.7. The number of nitrogens with zero attached hydrogens (tertiary/aromatic N) is 3. The fraction of sp³-hybridized carbons (Fsp3) is 0.174. The Morgan fingerprint density at radius 1 is 1.07 bits per heavy atom. The van der Waals surface area contributed by atoms with Crippen LogP contribution in [-0.4, -0.2) is 26.5 Å². The first-order valence-corrected chi connectivity index (χ1v) is 9.96. The van der Waals surface area contributed by atoms with Crippen molar-refractivity contribution in [3.8, 4) is 22.5 Å². The Bertz CT molecular complexity index is 1170. The first kappa shape index (κ1) is 19.2. The SMILES string of the molecule is CC[C@H](C)NC(=O)c1cc(-c2ccccc2Cl)nc2cc(-c3ccccc3)nn12. The molecule has 1 N–H and O–H groups in total. The molecule has 0 spiro atoms. The lowest BCUT2D eigenvalue weighted by Crippen LogP contribution is -2.33. The second-order valence-electron chi connectivity index (χ2n) is 6.95. The number of hydrogen-bond donors (Lipinski definition) is 1. The van der Waals surface area contributed by atoms with Crippen LogP contribution in [0, 0.1) is 0 Å². The molecule has 0 unspecified atom stereocenters. The first-order chi connectivity index (χ1) is 14.1. The van der Waals surface area contributed by atoms with Crippen molar-refractivity contribution >= 4 is 23.2 Å². The Labute approximate surface area is 174 Å². The third-order valence-corrected chi connectivity index (χ3v) is 5.20. The van der Waals surface area contributed by atoms with E-state index in [1.54, 1.807) is 10.6 Å². The molecule has 146 valence electrons. The van der Waals surface area contributed by atoms with Crippen LogP contribution >= 0.6 is 11.6 Å². The zero-order valence-electron chi connectivity index (χ0n) is 16.3. The lowest BCUT2D eigenvalue weighted by atomic mass is 10.1. The number of carbonyl (C=O) groups is 1. The molecule has 1 atom stereocenters. The van der Waals surface area contributed by atoms with E-state index in [1.807, 2.05) is 74.5 Å². The third-order valence-electron chi connectivity index (χ3n) is 4.87. The highest BCUT2D eigenvalue weighted by Crippen LogP contribution is 2.28. The number of amides is 1. The van der Waals surface area contributed by atoms with Crippen LogP contribution in [0.1, 0.15) is 30.8 Å². The molecular weight excluding hydrogens is 384 g/mol. The molecule has 0 fully saturated rings. The Balaban J connectivity index is 1.90. The molecule has 6 heteroatoms. The van der Waals surface area contributed by atoms with Crippen LogP contribution in [0.25, 0.3) is 28.2 Å². The van der Waals surface area contributed by atoms with Gasteiger partial charge in [-0.2, -0.15) is 5.10 Å². The Kier molecular flexibility index (Phi) is 5.32. The maximum absolute atomic E-state index is 13.0. The third kappa shape index (κ3) is 3.87. The van der Waals surface area contributed by atoms with Crippen LogP contribution in [-0.2, 0) is 0 Å². The van der Waals surface area contributed by atoms with E-state index in [4.69, 9.17) is 16.6 Å². The van der Waals surface area contributed by atoms with Gasteiger partial charge in [0.1, 0.15) is 5.69 Å². The van der Waals surface area contributed by atoms with E-state index in [1.165, 1.54) is 0 Å². The molecule has 0 bridgehead atoms. The summed E-state index contributed by atoms with van der Waals surface area (Å²) in [6, 6.07) is 21.0. The minimum atomic E-state index is -0.192. The molecule has 5 nitrogen and oxygen atoms in total. The van der Waals surface area contributed by atoms with Gasteiger partial charge < -0.3 is 5.32 Å². The molecule has 4 rings (SSSR count). The number of aromatic nitrogens is 3. The van der Waals surface area contributed by atoms with Gasteiger partial charge in [-0.05, 0) is 25.5 Å². The normalized spacial score (nSPS) is 12.1. The highest BCUT2D eigenvalue weighted by atomic mass is 35.5. The predicted molar refractivity (Wildman–Crippen MR) is 116 cm³/mol. The topological polar surface area (TPSA) is 59.3 Å². The minimum Gasteiger partial charge on any atom is -0.348 e. The standard InChI is InChI=1S/C23H21ClN4O/c1-3-15(2)25-23(29)21-13-20(17-11-7-8-12-18(17)24)26-22-14-19(27-28(21)22)16-9-5-4-6-10-16/h4-15H,3H2,1-2H3,(H,25,29)/t15-/m0/s1. The molecule has 2 aromatic heterocycles. The van der Waals surface area contributed by atoms with E-state index in [0.717, 1.165) is 23.2 Å². The summed E-state index contributed by atoms with van der Waals surface area (Å²) in [5.41, 5.74) is 4.15. The Hall–Kier alpha value is -3.18. The average molecular weight is 405 g/mol. The van der Waals surface area contributed by atoms with Crippen LogP contribution in [0.3, 0.4) is 0 Å². The van der Waals surface area contributed by atoms with Gasteiger partial charge in [-0.3, -0.25) is 4.79 Å². The lowest BCUT2D eigenvalue weighted by molar-refractivity contribution is 0.0931. The second-order valence-corrected chi connectivity index (χ2v) is 7.36. The molecule has 0 aliphatic rings.